The summed E-state index contributed by atoms with van der Waals surface area (Å²) in [6.07, 6.45) is -0.910. The van der Waals surface area contributed by atoms with Crippen molar-refractivity contribution in [2.45, 2.75) is 59.2 Å². The standard InChI is InChI=1S/C19H32N5O6P/c1-7-28-31(6,26)29-8-13-15(25)19(5,9-27-11(2)3)18(30-13)24-10-21-14-16(20)22-12(4)23-17(14)24/h10-11,13,15,18,25H,7-9H2,1-6H3,(H2,20,22,23)/t13-,15?,18-,19+,31?/m1/s1. The van der Waals surface area contributed by atoms with E-state index in [0.29, 0.717) is 17.0 Å². The van der Waals surface area contributed by atoms with Gasteiger partial charge in [-0.1, -0.05) is 6.92 Å². The van der Waals surface area contributed by atoms with E-state index in [0.717, 1.165) is 0 Å². The van der Waals surface area contributed by atoms with Crippen molar-refractivity contribution in [1.82, 2.24) is 19.5 Å². The third-order valence-electron chi connectivity index (χ3n) is 5.27. The number of rotatable bonds is 9. The number of anilines is 1. The molecule has 0 radical (unpaired) electrons. The van der Waals surface area contributed by atoms with Crippen molar-refractivity contribution >= 4 is 24.6 Å². The van der Waals surface area contributed by atoms with Gasteiger partial charge in [0.2, 0.25) is 0 Å². The number of nitrogens with two attached hydrogens (primary N) is 1. The number of fused-ring (bicyclic) bond motifs is 1. The van der Waals surface area contributed by atoms with Crippen LogP contribution in [0.2, 0.25) is 0 Å². The van der Waals surface area contributed by atoms with Gasteiger partial charge in [-0.15, -0.1) is 0 Å². The third kappa shape index (κ3) is 4.92. The molecule has 12 heteroatoms. The maximum Gasteiger partial charge on any atom is 0.327 e. The second-order valence-electron chi connectivity index (χ2n) is 8.30. The van der Waals surface area contributed by atoms with Gasteiger partial charge in [0.05, 0.1) is 43.8 Å². The summed E-state index contributed by atoms with van der Waals surface area (Å²) < 4.78 is 36.8. The summed E-state index contributed by atoms with van der Waals surface area (Å²) in [5.41, 5.74) is 6.08. The zero-order valence-electron chi connectivity index (χ0n) is 18.8. The van der Waals surface area contributed by atoms with E-state index in [2.05, 4.69) is 15.0 Å². The SMILES string of the molecule is CCOP(C)(=O)OC[C@H]1O[C@@H](n2cnc3c(N)nc(C)nc32)[C@@](C)(COC(C)C)C1O. The van der Waals surface area contributed by atoms with Gasteiger partial charge in [0.15, 0.2) is 11.5 Å². The van der Waals surface area contributed by atoms with Crippen LogP contribution in [0.1, 0.15) is 39.7 Å². The molecule has 1 aliphatic heterocycles. The Morgan fingerprint density at radius 3 is 2.74 bits per heavy atom. The highest BCUT2D eigenvalue weighted by Crippen LogP contribution is 2.49. The van der Waals surface area contributed by atoms with Gasteiger partial charge in [-0.3, -0.25) is 9.13 Å². The number of imidazole rings is 1. The molecule has 1 aliphatic rings. The van der Waals surface area contributed by atoms with E-state index in [1.807, 2.05) is 20.8 Å². The first-order valence-electron chi connectivity index (χ1n) is 10.3. The monoisotopic (exact) mass is 457 g/mol. The lowest BCUT2D eigenvalue weighted by molar-refractivity contribution is -0.0812. The van der Waals surface area contributed by atoms with Gasteiger partial charge in [-0.05, 0) is 27.7 Å². The van der Waals surface area contributed by atoms with Crippen LogP contribution in [-0.2, 0) is 23.1 Å². The molecule has 5 atom stereocenters. The number of nitrogens with zero attached hydrogens (tertiary/aromatic N) is 4. The Kier molecular flexibility index (Phi) is 7.05. The Balaban J connectivity index is 1.96. The van der Waals surface area contributed by atoms with Gasteiger partial charge >= 0.3 is 7.60 Å². The molecule has 2 aromatic heterocycles. The molecule has 3 N–H and O–H groups in total. The molecule has 174 valence electrons. The van der Waals surface area contributed by atoms with Crippen LogP contribution in [0.4, 0.5) is 5.82 Å². The van der Waals surface area contributed by atoms with E-state index in [4.69, 9.17) is 24.3 Å². The molecule has 0 aromatic carbocycles. The lowest BCUT2D eigenvalue weighted by Crippen LogP contribution is -2.42. The molecule has 0 spiro atoms. The minimum absolute atomic E-state index is 0.0477. The zero-order valence-corrected chi connectivity index (χ0v) is 19.7. The fourth-order valence-electron chi connectivity index (χ4n) is 3.69. The minimum Gasteiger partial charge on any atom is -0.389 e. The average molecular weight is 457 g/mol. The molecule has 2 aromatic rings. The van der Waals surface area contributed by atoms with Crippen molar-refractivity contribution in [3.8, 4) is 0 Å². The lowest BCUT2D eigenvalue weighted by Gasteiger charge is -2.33. The van der Waals surface area contributed by atoms with E-state index in [1.54, 1.807) is 24.7 Å². The smallest absolute Gasteiger partial charge is 0.327 e. The second-order valence-corrected chi connectivity index (χ2v) is 10.4. The van der Waals surface area contributed by atoms with Gasteiger partial charge in [0.1, 0.15) is 23.7 Å². The van der Waals surface area contributed by atoms with Crippen LogP contribution in [0.3, 0.4) is 0 Å². The first kappa shape index (κ1) is 24.0. The molecule has 3 heterocycles. The van der Waals surface area contributed by atoms with Crippen LogP contribution in [0, 0.1) is 12.3 Å². The molecule has 0 saturated carbocycles. The maximum absolute atomic E-state index is 12.4. The highest BCUT2D eigenvalue weighted by molar-refractivity contribution is 7.52. The summed E-state index contributed by atoms with van der Waals surface area (Å²) in [6.45, 7) is 10.9. The number of ether oxygens (including phenoxy) is 2. The first-order valence-corrected chi connectivity index (χ1v) is 12.3. The number of aliphatic hydroxyl groups is 1. The molecule has 3 rings (SSSR count). The molecule has 11 nitrogen and oxygen atoms in total. The number of nitrogen functional groups attached to an aromatic ring is 1. The van der Waals surface area contributed by atoms with E-state index < -0.39 is 31.4 Å². The molecular formula is C19H32N5O6P. The van der Waals surface area contributed by atoms with Crippen molar-refractivity contribution in [1.29, 1.82) is 0 Å². The molecule has 2 unspecified atom stereocenters. The third-order valence-corrected chi connectivity index (χ3v) is 6.62. The highest BCUT2D eigenvalue weighted by atomic mass is 31.2. The van der Waals surface area contributed by atoms with Crippen molar-refractivity contribution in [3.05, 3.63) is 12.2 Å². The summed E-state index contributed by atoms with van der Waals surface area (Å²) in [5.74, 6) is 0.761. The van der Waals surface area contributed by atoms with Crippen molar-refractivity contribution in [2.24, 2.45) is 5.41 Å². The molecule has 0 amide bonds. The van der Waals surface area contributed by atoms with E-state index in [9.17, 15) is 9.67 Å². The summed E-state index contributed by atoms with van der Waals surface area (Å²) in [4.78, 5) is 13.0. The number of aliphatic hydroxyl groups excluding tert-OH is 1. The topological polar surface area (TPSA) is 144 Å². The van der Waals surface area contributed by atoms with Crippen molar-refractivity contribution in [2.75, 3.05) is 32.2 Å². The van der Waals surface area contributed by atoms with Crippen LogP contribution in [-0.4, -0.2) is 69.4 Å². The summed E-state index contributed by atoms with van der Waals surface area (Å²) in [5, 5.41) is 11.2. The molecule has 0 bridgehead atoms. The van der Waals surface area contributed by atoms with E-state index >= 15 is 0 Å². The summed E-state index contributed by atoms with van der Waals surface area (Å²) >= 11 is 0. The summed E-state index contributed by atoms with van der Waals surface area (Å²) in [6, 6.07) is 0. The van der Waals surface area contributed by atoms with Crippen LogP contribution < -0.4 is 5.73 Å². The Hall–Kier alpha value is -1.62. The van der Waals surface area contributed by atoms with Crippen molar-refractivity contribution < 1.29 is 28.2 Å². The number of hydrogen-bond acceptors (Lipinski definition) is 10. The first-order chi connectivity index (χ1) is 14.5. The van der Waals surface area contributed by atoms with Gasteiger partial charge in [-0.2, -0.15) is 0 Å². The average Bonchev–Trinajstić information content (AvgIpc) is 3.19. The van der Waals surface area contributed by atoms with Crippen LogP contribution in [0.25, 0.3) is 11.2 Å². The number of aryl methyl sites for hydroxylation is 1. The largest absolute Gasteiger partial charge is 0.389 e. The number of hydrogen-bond donors (Lipinski definition) is 2. The molecular weight excluding hydrogens is 425 g/mol. The van der Waals surface area contributed by atoms with Gasteiger partial charge in [0.25, 0.3) is 0 Å². The minimum atomic E-state index is -3.26. The maximum atomic E-state index is 12.4. The quantitative estimate of drug-likeness (QED) is 0.538. The molecule has 1 fully saturated rings. The van der Waals surface area contributed by atoms with Gasteiger partial charge in [-0.25, -0.2) is 15.0 Å². The normalized spacial score (nSPS) is 28.5. The van der Waals surface area contributed by atoms with Crippen LogP contribution in [0.5, 0.6) is 0 Å². The van der Waals surface area contributed by atoms with Gasteiger partial charge in [0, 0.05) is 6.66 Å². The van der Waals surface area contributed by atoms with E-state index in [-0.39, 0.29) is 31.7 Å². The zero-order chi connectivity index (χ0) is 23.0. The molecule has 31 heavy (non-hydrogen) atoms. The fourth-order valence-corrected chi connectivity index (χ4v) is 4.65. The Morgan fingerprint density at radius 1 is 1.39 bits per heavy atom. The predicted molar refractivity (Wildman–Crippen MR) is 115 cm³/mol. The Morgan fingerprint density at radius 2 is 2.10 bits per heavy atom. The van der Waals surface area contributed by atoms with Crippen molar-refractivity contribution in [3.63, 3.8) is 0 Å². The lowest BCUT2D eigenvalue weighted by atomic mass is 9.83. The number of aromatic nitrogens is 4. The highest BCUT2D eigenvalue weighted by Gasteiger charge is 2.55. The molecule has 0 aliphatic carbocycles. The molecule has 1 saturated heterocycles. The second kappa shape index (κ2) is 9.09. The Bertz CT molecular complexity index is 969. The van der Waals surface area contributed by atoms with Crippen LogP contribution in [0.15, 0.2) is 6.33 Å². The van der Waals surface area contributed by atoms with Gasteiger partial charge < -0.3 is 29.4 Å². The van der Waals surface area contributed by atoms with E-state index in [1.165, 1.54) is 6.66 Å². The van der Waals surface area contributed by atoms with Crippen LogP contribution >= 0.6 is 7.60 Å². The predicted octanol–water partition coefficient (Wildman–Crippen LogP) is 2.28. The Labute approximate surface area is 181 Å². The summed E-state index contributed by atoms with van der Waals surface area (Å²) in [7, 11) is -3.26. The fraction of sp³-hybridized carbons (Fsp3) is 0.737.